The van der Waals surface area contributed by atoms with Crippen molar-refractivity contribution in [3.63, 3.8) is 0 Å². The summed E-state index contributed by atoms with van der Waals surface area (Å²) in [6.45, 7) is 2.05. The van der Waals surface area contributed by atoms with Crippen LogP contribution < -0.4 is 5.73 Å². The summed E-state index contributed by atoms with van der Waals surface area (Å²) in [7, 11) is 0. The van der Waals surface area contributed by atoms with E-state index in [1.54, 1.807) is 11.8 Å². The van der Waals surface area contributed by atoms with Crippen LogP contribution in [-0.4, -0.2) is 5.75 Å². The molecule has 0 aliphatic rings. The first-order chi connectivity index (χ1) is 9.56. The van der Waals surface area contributed by atoms with Gasteiger partial charge in [0.05, 0.1) is 0 Å². The van der Waals surface area contributed by atoms with E-state index in [4.69, 9.17) is 5.73 Å². The molecule has 0 amide bonds. The molecule has 0 heterocycles. The Morgan fingerprint density at radius 3 is 2.65 bits per heavy atom. The maximum absolute atomic E-state index is 13.6. The van der Waals surface area contributed by atoms with E-state index in [-0.39, 0.29) is 0 Å². The number of aryl methyl sites for hydroxylation is 1. The van der Waals surface area contributed by atoms with Crippen molar-refractivity contribution in [2.24, 2.45) is 5.73 Å². The fourth-order valence-corrected chi connectivity index (χ4v) is 2.96. The molecule has 2 rings (SSSR count). The number of benzene rings is 2. The molecule has 0 aromatic heterocycles. The Bertz CT molecular complexity index is 586. The minimum atomic E-state index is -0.578. The molecule has 2 aromatic carbocycles. The predicted octanol–water partition coefficient (Wildman–Crippen LogP) is 4.21. The van der Waals surface area contributed by atoms with Crippen LogP contribution in [0.3, 0.4) is 0 Å². The van der Waals surface area contributed by atoms with Gasteiger partial charge in [-0.1, -0.05) is 35.9 Å². The zero-order valence-electron chi connectivity index (χ0n) is 11.3. The Morgan fingerprint density at radius 1 is 1.15 bits per heavy atom. The lowest BCUT2D eigenvalue weighted by atomic mass is 10.1. The topological polar surface area (TPSA) is 26.0 Å². The molecule has 4 heteroatoms. The van der Waals surface area contributed by atoms with Gasteiger partial charge < -0.3 is 5.73 Å². The molecular weight excluding hydrogens is 276 g/mol. The highest BCUT2D eigenvalue weighted by Gasteiger charge is 2.12. The fraction of sp³-hybridized carbons (Fsp3) is 0.250. The van der Waals surface area contributed by atoms with Gasteiger partial charge >= 0.3 is 0 Å². The van der Waals surface area contributed by atoms with Crippen molar-refractivity contribution in [1.82, 2.24) is 0 Å². The average Bonchev–Trinajstić information content (AvgIpc) is 2.38. The third kappa shape index (κ3) is 4.05. The fourth-order valence-electron chi connectivity index (χ4n) is 2.00. The summed E-state index contributed by atoms with van der Waals surface area (Å²) in [5.41, 5.74) is 8.76. The second kappa shape index (κ2) is 6.86. The van der Waals surface area contributed by atoms with Gasteiger partial charge in [-0.2, -0.15) is 11.8 Å². The molecule has 20 heavy (non-hydrogen) atoms. The van der Waals surface area contributed by atoms with Gasteiger partial charge in [-0.15, -0.1) is 0 Å². The van der Waals surface area contributed by atoms with Gasteiger partial charge in [0.2, 0.25) is 0 Å². The van der Waals surface area contributed by atoms with E-state index in [1.807, 2.05) is 19.1 Å². The molecule has 0 saturated carbocycles. The molecule has 1 unspecified atom stereocenters. The molecule has 2 aromatic rings. The van der Waals surface area contributed by atoms with Crippen LogP contribution in [0.2, 0.25) is 0 Å². The van der Waals surface area contributed by atoms with E-state index in [0.717, 1.165) is 11.8 Å². The van der Waals surface area contributed by atoms with Crippen molar-refractivity contribution >= 4 is 11.8 Å². The van der Waals surface area contributed by atoms with E-state index in [0.29, 0.717) is 11.3 Å². The maximum atomic E-state index is 13.6. The minimum Gasteiger partial charge on any atom is -0.323 e. The standard InChI is InChI=1S/C16H17F2NS/c1-11-3-2-4-12(7-11)9-20-10-16(19)14-6-5-13(17)8-15(14)18/h2-8,16H,9-10,19H2,1H3. The van der Waals surface area contributed by atoms with Gasteiger partial charge in [0.1, 0.15) is 11.6 Å². The summed E-state index contributed by atoms with van der Waals surface area (Å²) >= 11 is 1.65. The third-order valence-electron chi connectivity index (χ3n) is 3.01. The molecule has 1 nitrogen and oxygen atoms in total. The molecule has 0 fully saturated rings. The Balaban J connectivity index is 1.90. The van der Waals surface area contributed by atoms with Crippen LogP contribution in [0.15, 0.2) is 42.5 Å². The first-order valence-corrected chi connectivity index (χ1v) is 7.55. The average molecular weight is 293 g/mol. The lowest BCUT2D eigenvalue weighted by molar-refractivity contribution is 0.563. The molecule has 1 atom stereocenters. The Kier molecular flexibility index (Phi) is 5.15. The van der Waals surface area contributed by atoms with E-state index >= 15 is 0 Å². The number of hydrogen-bond acceptors (Lipinski definition) is 2. The highest BCUT2D eigenvalue weighted by atomic mass is 32.2. The third-order valence-corrected chi connectivity index (χ3v) is 4.14. The maximum Gasteiger partial charge on any atom is 0.130 e. The van der Waals surface area contributed by atoms with E-state index in [9.17, 15) is 8.78 Å². The van der Waals surface area contributed by atoms with Crippen LogP contribution in [0, 0.1) is 18.6 Å². The van der Waals surface area contributed by atoms with Crippen LogP contribution in [0.1, 0.15) is 22.7 Å². The predicted molar refractivity (Wildman–Crippen MR) is 80.6 cm³/mol. The van der Waals surface area contributed by atoms with Gasteiger partial charge in [0.15, 0.2) is 0 Å². The molecule has 0 aliphatic carbocycles. The molecular formula is C16H17F2NS. The first kappa shape index (κ1) is 15.0. The van der Waals surface area contributed by atoms with Crippen LogP contribution in [-0.2, 0) is 5.75 Å². The van der Waals surface area contributed by atoms with Crippen molar-refractivity contribution in [2.75, 3.05) is 5.75 Å². The Morgan fingerprint density at radius 2 is 1.95 bits per heavy atom. The number of nitrogens with two attached hydrogens (primary N) is 1. The van der Waals surface area contributed by atoms with Crippen molar-refractivity contribution < 1.29 is 8.78 Å². The van der Waals surface area contributed by atoms with Crippen LogP contribution in [0.25, 0.3) is 0 Å². The number of rotatable bonds is 5. The normalized spacial score (nSPS) is 12.4. The van der Waals surface area contributed by atoms with Gasteiger partial charge in [-0.05, 0) is 18.6 Å². The molecule has 0 radical (unpaired) electrons. The number of thioether (sulfide) groups is 1. The molecule has 0 saturated heterocycles. The van der Waals surface area contributed by atoms with Gasteiger partial charge in [0.25, 0.3) is 0 Å². The molecule has 0 spiro atoms. The van der Waals surface area contributed by atoms with Crippen LogP contribution >= 0.6 is 11.8 Å². The largest absolute Gasteiger partial charge is 0.323 e. The summed E-state index contributed by atoms with van der Waals surface area (Å²) in [4.78, 5) is 0. The highest BCUT2D eigenvalue weighted by molar-refractivity contribution is 7.98. The first-order valence-electron chi connectivity index (χ1n) is 6.40. The van der Waals surface area contributed by atoms with Gasteiger partial charge in [0, 0.05) is 29.2 Å². The summed E-state index contributed by atoms with van der Waals surface area (Å²) in [5.74, 6) is 0.272. The quantitative estimate of drug-likeness (QED) is 0.894. The highest BCUT2D eigenvalue weighted by Crippen LogP contribution is 2.22. The summed E-state index contributed by atoms with van der Waals surface area (Å²) in [5, 5.41) is 0. The molecule has 106 valence electrons. The monoisotopic (exact) mass is 293 g/mol. The Hall–Kier alpha value is -1.39. The lowest BCUT2D eigenvalue weighted by Crippen LogP contribution is -2.15. The van der Waals surface area contributed by atoms with E-state index in [2.05, 4.69) is 12.1 Å². The Labute approximate surface area is 122 Å². The van der Waals surface area contributed by atoms with E-state index in [1.165, 1.54) is 23.3 Å². The van der Waals surface area contributed by atoms with Crippen molar-refractivity contribution in [3.05, 3.63) is 70.8 Å². The van der Waals surface area contributed by atoms with Crippen molar-refractivity contribution in [1.29, 1.82) is 0 Å². The van der Waals surface area contributed by atoms with Crippen LogP contribution in [0.5, 0.6) is 0 Å². The number of halogens is 2. The SMILES string of the molecule is Cc1cccc(CSCC(N)c2ccc(F)cc2F)c1. The van der Waals surface area contributed by atoms with Crippen molar-refractivity contribution in [2.45, 2.75) is 18.7 Å². The second-order valence-corrected chi connectivity index (χ2v) is 5.81. The van der Waals surface area contributed by atoms with E-state index < -0.39 is 17.7 Å². The van der Waals surface area contributed by atoms with Gasteiger partial charge in [-0.25, -0.2) is 8.78 Å². The molecule has 2 N–H and O–H groups in total. The van der Waals surface area contributed by atoms with Gasteiger partial charge in [-0.3, -0.25) is 0 Å². The lowest BCUT2D eigenvalue weighted by Gasteiger charge is -2.13. The summed E-state index contributed by atoms with van der Waals surface area (Å²) < 4.78 is 26.4. The number of hydrogen-bond donors (Lipinski definition) is 1. The zero-order valence-corrected chi connectivity index (χ0v) is 12.1. The van der Waals surface area contributed by atoms with Crippen LogP contribution in [0.4, 0.5) is 8.78 Å². The minimum absolute atomic E-state index is 0.364. The smallest absolute Gasteiger partial charge is 0.130 e. The second-order valence-electron chi connectivity index (χ2n) is 4.78. The molecule has 0 bridgehead atoms. The van der Waals surface area contributed by atoms with Crippen molar-refractivity contribution in [3.8, 4) is 0 Å². The summed E-state index contributed by atoms with van der Waals surface area (Å²) in [6, 6.07) is 11.4. The molecule has 0 aliphatic heterocycles. The zero-order chi connectivity index (χ0) is 14.5. The summed E-state index contributed by atoms with van der Waals surface area (Å²) in [6.07, 6.45) is 0.